The highest BCUT2D eigenvalue weighted by atomic mass is 16.5. The molecule has 1 amide bonds. The van der Waals surface area contributed by atoms with Gasteiger partial charge in [0.1, 0.15) is 23.8 Å². The molecular weight excluding hydrogens is 378 g/mol. The minimum Gasteiger partial charge on any atom is -0.489 e. The lowest BCUT2D eigenvalue weighted by atomic mass is 10.1. The highest BCUT2D eigenvalue weighted by Crippen LogP contribution is 2.30. The monoisotopic (exact) mass is 401 g/mol. The first-order valence-electron chi connectivity index (χ1n) is 9.92. The quantitative estimate of drug-likeness (QED) is 0.561. The van der Waals surface area contributed by atoms with Gasteiger partial charge in [-0.3, -0.25) is 10.2 Å². The summed E-state index contributed by atoms with van der Waals surface area (Å²) in [6.45, 7) is 1.21. The van der Waals surface area contributed by atoms with E-state index in [0.717, 1.165) is 17.7 Å². The van der Waals surface area contributed by atoms with Gasteiger partial charge in [-0.1, -0.05) is 42.5 Å². The average Bonchev–Trinajstić information content (AvgIpc) is 2.80. The van der Waals surface area contributed by atoms with Crippen molar-refractivity contribution in [1.82, 2.24) is 5.32 Å². The molecule has 0 radical (unpaired) electrons. The van der Waals surface area contributed by atoms with Crippen molar-refractivity contribution < 1.29 is 14.3 Å². The third kappa shape index (κ3) is 5.17. The smallest absolute Gasteiger partial charge is 0.267 e. The van der Waals surface area contributed by atoms with Crippen LogP contribution in [0.15, 0.2) is 84.0 Å². The zero-order chi connectivity index (χ0) is 20.6. The van der Waals surface area contributed by atoms with Crippen molar-refractivity contribution in [2.24, 2.45) is 5.10 Å². The highest BCUT2D eigenvalue weighted by Gasteiger charge is 2.16. The second kappa shape index (κ2) is 9.60. The second-order valence-electron chi connectivity index (χ2n) is 6.87. The van der Waals surface area contributed by atoms with E-state index >= 15 is 0 Å². The lowest BCUT2D eigenvalue weighted by Gasteiger charge is -2.15. The van der Waals surface area contributed by atoms with Crippen LogP contribution >= 0.6 is 0 Å². The second-order valence-corrected chi connectivity index (χ2v) is 6.87. The molecule has 30 heavy (non-hydrogen) atoms. The van der Waals surface area contributed by atoms with E-state index in [9.17, 15) is 4.79 Å². The zero-order valence-electron chi connectivity index (χ0n) is 16.5. The first-order valence-corrected chi connectivity index (χ1v) is 9.92. The summed E-state index contributed by atoms with van der Waals surface area (Å²) >= 11 is 0. The number of nitrogens with one attached hydrogen (secondary N) is 2. The summed E-state index contributed by atoms with van der Waals surface area (Å²) in [5.74, 6) is 1.95. The van der Waals surface area contributed by atoms with E-state index in [-0.39, 0.29) is 5.91 Å². The summed E-state index contributed by atoms with van der Waals surface area (Å²) in [6.07, 6.45) is 1.55. The molecule has 6 heteroatoms. The molecule has 2 N–H and O–H groups in total. The summed E-state index contributed by atoms with van der Waals surface area (Å²) in [7, 11) is 0. The molecule has 1 saturated heterocycles. The lowest BCUT2D eigenvalue weighted by Crippen LogP contribution is -2.37. The number of amides is 1. The van der Waals surface area contributed by atoms with E-state index in [1.807, 2.05) is 78.9 Å². The number of carbonyl (C=O) groups is 1. The molecule has 3 aromatic carbocycles. The molecule has 0 spiro atoms. The number of carbonyl (C=O) groups excluding carboxylic acids is 1. The molecule has 1 aliphatic heterocycles. The molecule has 1 fully saturated rings. The van der Waals surface area contributed by atoms with E-state index in [4.69, 9.17) is 9.47 Å². The van der Waals surface area contributed by atoms with Crippen molar-refractivity contribution >= 4 is 17.3 Å². The van der Waals surface area contributed by atoms with Crippen molar-refractivity contribution in [2.45, 2.75) is 19.4 Å². The summed E-state index contributed by atoms with van der Waals surface area (Å²) in [6, 6.07) is 25.0. The van der Waals surface area contributed by atoms with Crippen LogP contribution in [0.1, 0.15) is 18.4 Å². The number of rotatable bonds is 7. The Morgan fingerprint density at radius 3 is 2.43 bits per heavy atom. The molecule has 152 valence electrons. The van der Waals surface area contributed by atoms with Crippen LogP contribution in [0, 0.1) is 0 Å². The van der Waals surface area contributed by atoms with Gasteiger partial charge in [-0.2, -0.15) is 5.10 Å². The molecule has 4 rings (SSSR count). The molecule has 1 aliphatic rings. The van der Waals surface area contributed by atoms with Crippen molar-refractivity contribution in [3.05, 3.63) is 84.4 Å². The highest BCUT2D eigenvalue weighted by molar-refractivity contribution is 6.39. The number of para-hydroxylation sites is 2. The maximum Gasteiger partial charge on any atom is 0.267 e. The van der Waals surface area contributed by atoms with Crippen LogP contribution in [-0.4, -0.2) is 18.2 Å². The normalized spacial score (nSPS) is 14.8. The standard InChI is InChI=1S/C24H23N3O3/c28-24-22(10-6-16-25-24)27-26-21-9-4-5-11-23(21)30-20-14-12-19(13-15-20)29-17-18-7-2-1-3-8-18/h1-5,7-9,11-15,26H,6,10,16-17H2,(H,25,28)/b27-22+. The predicted octanol–water partition coefficient (Wildman–Crippen LogP) is 4.74. The average molecular weight is 401 g/mol. The minimum absolute atomic E-state index is 0.127. The number of ether oxygens (including phenoxy) is 2. The topological polar surface area (TPSA) is 72.0 Å². The van der Waals surface area contributed by atoms with E-state index in [1.54, 1.807) is 0 Å². The lowest BCUT2D eigenvalue weighted by molar-refractivity contribution is -0.115. The van der Waals surface area contributed by atoms with Crippen molar-refractivity contribution in [2.75, 3.05) is 12.0 Å². The maximum absolute atomic E-state index is 11.8. The van der Waals surface area contributed by atoms with Gasteiger partial charge in [-0.05, 0) is 54.8 Å². The van der Waals surface area contributed by atoms with Crippen LogP contribution in [0.25, 0.3) is 0 Å². The SMILES string of the molecule is O=C1NCCC/C1=N\Nc1ccccc1Oc1ccc(OCc2ccccc2)cc1. The van der Waals surface area contributed by atoms with Crippen LogP contribution in [0.3, 0.4) is 0 Å². The fraction of sp³-hybridized carbons (Fsp3) is 0.167. The third-order valence-corrected chi connectivity index (χ3v) is 4.64. The Hall–Kier alpha value is -3.80. The number of hydrogen-bond acceptors (Lipinski definition) is 5. The van der Waals surface area contributed by atoms with Crippen molar-refractivity contribution in [3.8, 4) is 17.2 Å². The molecular formula is C24H23N3O3. The molecule has 1 heterocycles. The first-order chi connectivity index (χ1) is 14.8. The van der Waals surface area contributed by atoms with Gasteiger partial charge in [0.15, 0.2) is 5.75 Å². The van der Waals surface area contributed by atoms with Crippen LogP contribution in [0.4, 0.5) is 5.69 Å². The number of anilines is 1. The minimum atomic E-state index is -0.127. The van der Waals surface area contributed by atoms with E-state index in [2.05, 4.69) is 15.8 Å². The van der Waals surface area contributed by atoms with Gasteiger partial charge in [0.25, 0.3) is 5.91 Å². The maximum atomic E-state index is 11.8. The molecule has 0 unspecified atom stereocenters. The Morgan fingerprint density at radius 1 is 0.900 bits per heavy atom. The van der Waals surface area contributed by atoms with Gasteiger partial charge < -0.3 is 14.8 Å². The molecule has 0 saturated carbocycles. The van der Waals surface area contributed by atoms with E-state index in [0.29, 0.717) is 42.5 Å². The number of piperidine rings is 1. The third-order valence-electron chi connectivity index (χ3n) is 4.64. The van der Waals surface area contributed by atoms with E-state index < -0.39 is 0 Å². The fourth-order valence-corrected chi connectivity index (χ4v) is 3.03. The fourth-order valence-electron chi connectivity index (χ4n) is 3.03. The Kier molecular flexibility index (Phi) is 6.25. The molecule has 3 aromatic rings. The van der Waals surface area contributed by atoms with Gasteiger partial charge in [0.05, 0.1) is 5.69 Å². The number of hydrazone groups is 1. The van der Waals surface area contributed by atoms with Crippen LogP contribution in [0.2, 0.25) is 0 Å². The van der Waals surface area contributed by atoms with Gasteiger partial charge >= 0.3 is 0 Å². The molecule has 0 aliphatic carbocycles. The summed E-state index contributed by atoms with van der Waals surface area (Å²) in [4.78, 5) is 11.8. The molecule has 6 nitrogen and oxygen atoms in total. The molecule has 0 bridgehead atoms. The Morgan fingerprint density at radius 2 is 1.63 bits per heavy atom. The largest absolute Gasteiger partial charge is 0.489 e. The van der Waals surface area contributed by atoms with Gasteiger partial charge in [-0.25, -0.2) is 0 Å². The van der Waals surface area contributed by atoms with Crippen LogP contribution in [0.5, 0.6) is 17.2 Å². The Bertz CT molecular complexity index is 1020. The van der Waals surface area contributed by atoms with E-state index in [1.165, 1.54) is 0 Å². The first kappa shape index (κ1) is 19.5. The Labute approximate surface area is 175 Å². The summed E-state index contributed by atoms with van der Waals surface area (Å²) in [5.41, 5.74) is 5.26. The molecule has 0 aromatic heterocycles. The number of benzene rings is 3. The zero-order valence-corrected chi connectivity index (χ0v) is 16.5. The van der Waals surface area contributed by atoms with Gasteiger partial charge in [0, 0.05) is 6.54 Å². The van der Waals surface area contributed by atoms with Gasteiger partial charge in [0.2, 0.25) is 0 Å². The molecule has 0 atom stereocenters. The summed E-state index contributed by atoms with van der Waals surface area (Å²) in [5, 5.41) is 7.05. The predicted molar refractivity (Wildman–Crippen MR) is 117 cm³/mol. The van der Waals surface area contributed by atoms with Crippen LogP contribution < -0.4 is 20.2 Å². The van der Waals surface area contributed by atoms with Crippen LogP contribution in [-0.2, 0) is 11.4 Å². The number of hydrogen-bond donors (Lipinski definition) is 2. The van der Waals surface area contributed by atoms with Crippen molar-refractivity contribution in [1.29, 1.82) is 0 Å². The summed E-state index contributed by atoms with van der Waals surface area (Å²) < 4.78 is 11.8. The Balaban J connectivity index is 1.39. The van der Waals surface area contributed by atoms with Gasteiger partial charge in [-0.15, -0.1) is 0 Å². The van der Waals surface area contributed by atoms with Crippen molar-refractivity contribution in [3.63, 3.8) is 0 Å². The number of nitrogens with zero attached hydrogens (tertiary/aromatic N) is 1.